The fourth-order valence-corrected chi connectivity index (χ4v) is 3.76. The van der Waals surface area contributed by atoms with Crippen LogP contribution in [0.1, 0.15) is 29.8 Å². The fraction of sp³-hybridized carbons (Fsp3) is 0.273. The van der Waals surface area contributed by atoms with Crippen LogP contribution in [0, 0.1) is 0 Å². The number of hydrogen-bond acceptors (Lipinski definition) is 2. The molecule has 0 aliphatic carbocycles. The maximum atomic E-state index is 13.4. The van der Waals surface area contributed by atoms with Gasteiger partial charge in [0, 0.05) is 30.8 Å². The van der Waals surface area contributed by atoms with E-state index in [1.165, 1.54) is 5.56 Å². The minimum atomic E-state index is 0.0619. The molecule has 4 rings (SSSR count). The zero-order valence-electron chi connectivity index (χ0n) is 15.3. The van der Waals surface area contributed by atoms with E-state index in [1.54, 1.807) is 0 Å². The molecule has 0 radical (unpaired) electrons. The highest BCUT2D eigenvalue weighted by Gasteiger charge is 2.30. The minimum Gasteiger partial charge on any atom is -0.339 e. The Morgan fingerprint density at radius 1 is 1.04 bits per heavy atom. The first-order chi connectivity index (χ1) is 12.7. The molecule has 1 amide bonds. The summed E-state index contributed by atoms with van der Waals surface area (Å²) < 4.78 is 2.02. The van der Waals surface area contributed by atoms with Crippen molar-refractivity contribution in [2.75, 3.05) is 13.1 Å². The van der Waals surface area contributed by atoms with E-state index in [0.717, 1.165) is 41.0 Å². The summed E-state index contributed by atoms with van der Waals surface area (Å²) in [6.07, 6.45) is 0.942. The first-order valence-corrected chi connectivity index (χ1v) is 9.28. The number of carbonyl (C=O) groups excluding carboxylic acids is 1. The van der Waals surface area contributed by atoms with Crippen LogP contribution in [0.2, 0.25) is 0 Å². The van der Waals surface area contributed by atoms with Gasteiger partial charge in [0.25, 0.3) is 5.91 Å². The Balaban J connectivity index is 1.98. The van der Waals surface area contributed by atoms with Crippen molar-refractivity contribution in [1.29, 1.82) is 0 Å². The molecule has 0 N–H and O–H groups in total. The van der Waals surface area contributed by atoms with Crippen molar-refractivity contribution in [1.82, 2.24) is 14.7 Å². The third-order valence-electron chi connectivity index (χ3n) is 5.13. The quantitative estimate of drug-likeness (QED) is 0.709. The summed E-state index contributed by atoms with van der Waals surface area (Å²) in [6.45, 7) is 6.23. The number of amides is 1. The van der Waals surface area contributed by atoms with Gasteiger partial charge < -0.3 is 4.90 Å². The van der Waals surface area contributed by atoms with Crippen LogP contribution in [-0.2, 0) is 13.0 Å². The molecule has 3 aromatic rings. The van der Waals surface area contributed by atoms with Gasteiger partial charge in [-0.1, -0.05) is 54.6 Å². The standard InChI is InChI=1S/C22H23N3O/c1-3-24(4-2)22(26)19-20(17-11-6-5-7-12-17)23-25-15-14-16-10-8-9-13-18(16)21(19)25/h5-13H,3-4,14-15H2,1-2H3. The lowest BCUT2D eigenvalue weighted by molar-refractivity contribution is 0.0774. The summed E-state index contributed by atoms with van der Waals surface area (Å²) >= 11 is 0. The molecule has 0 unspecified atom stereocenters. The average molecular weight is 345 g/mol. The molecule has 0 spiro atoms. The fourth-order valence-electron chi connectivity index (χ4n) is 3.76. The van der Waals surface area contributed by atoms with Gasteiger partial charge in [-0.25, -0.2) is 0 Å². The largest absolute Gasteiger partial charge is 0.339 e. The van der Waals surface area contributed by atoms with Crippen LogP contribution in [0.3, 0.4) is 0 Å². The van der Waals surface area contributed by atoms with Crippen molar-refractivity contribution in [2.24, 2.45) is 0 Å². The maximum Gasteiger partial charge on any atom is 0.258 e. The van der Waals surface area contributed by atoms with Crippen LogP contribution in [0.4, 0.5) is 0 Å². The predicted octanol–water partition coefficient (Wildman–Crippen LogP) is 4.26. The monoisotopic (exact) mass is 345 g/mol. The van der Waals surface area contributed by atoms with E-state index in [4.69, 9.17) is 5.10 Å². The second-order valence-electron chi connectivity index (χ2n) is 6.55. The highest BCUT2D eigenvalue weighted by molar-refractivity contribution is 6.06. The zero-order chi connectivity index (χ0) is 18.1. The molecule has 26 heavy (non-hydrogen) atoms. The second kappa shape index (κ2) is 6.79. The van der Waals surface area contributed by atoms with Gasteiger partial charge >= 0.3 is 0 Å². The van der Waals surface area contributed by atoms with E-state index in [2.05, 4.69) is 18.2 Å². The van der Waals surface area contributed by atoms with Gasteiger partial charge in [0.15, 0.2) is 0 Å². The molecule has 0 bridgehead atoms. The molecule has 1 aliphatic heterocycles. The Morgan fingerprint density at radius 3 is 2.46 bits per heavy atom. The van der Waals surface area contributed by atoms with E-state index >= 15 is 0 Å². The normalized spacial score (nSPS) is 12.4. The predicted molar refractivity (Wildman–Crippen MR) is 104 cm³/mol. The van der Waals surface area contributed by atoms with Crippen molar-refractivity contribution in [2.45, 2.75) is 26.8 Å². The number of nitrogens with zero attached hydrogens (tertiary/aromatic N) is 3. The van der Waals surface area contributed by atoms with Gasteiger partial charge in [0.2, 0.25) is 0 Å². The average Bonchev–Trinajstić information content (AvgIpc) is 3.09. The van der Waals surface area contributed by atoms with E-state index < -0.39 is 0 Å². The van der Waals surface area contributed by atoms with Crippen LogP contribution >= 0.6 is 0 Å². The van der Waals surface area contributed by atoms with Gasteiger partial charge in [-0.05, 0) is 25.8 Å². The molecule has 0 saturated carbocycles. The lowest BCUT2D eigenvalue weighted by atomic mass is 9.94. The highest BCUT2D eigenvalue weighted by atomic mass is 16.2. The first kappa shape index (κ1) is 16.6. The molecule has 1 aliphatic rings. The number of fused-ring (bicyclic) bond motifs is 3. The van der Waals surface area contributed by atoms with Crippen LogP contribution in [0.25, 0.3) is 22.5 Å². The van der Waals surface area contributed by atoms with Gasteiger partial charge in [0.1, 0.15) is 5.69 Å². The van der Waals surface area contributed by atoms with Crippen LogP contribution in [0.5, 0.6) is 0 Å². The zero-order valence-corrected chi connectivity index (χ0v) is 15.3. The molecule has 132 valence electrons. The molecule has 4 nitrogen and oxygen atoms in total. The Bertz CT molecular complexity index is 939. The van der Waals surface area contributed by atoms with E-state index in [1.807, 2.05) is 59.8 Å². The van der Waals surface area contributed by atoms with Gasteiger partial charge in [0.05, 0.1) is 11.3 Å². The summed E-state index contributed by atoms with van der Waals surface area (Å²) in [5.74, 6) is 0.0619. The lowest BCUT2D eigenvalue weighted by Crippen LogP contribution is -2.31. The third kappa shape index (κ3) is 2.62. The highest BCUT2D eigenvalue weighted by Crippen LogP contribution is 2.37. The maximum absolute atomic E-state index is 13.4. The molecule has 2 aromatic carbocycles. The van der Waals surface area contributed by atoms with E-state index in [0.29, 0.717) is 13.1 Å². The van der Waals surface area contributed by atoms with Crippen molar-refractivity contribution >= 4 is 5.91 Å². The van der Waals surface area contributed by atoms with Crippen molar-refractivity contribution < 1.29 is 4.79 Å². The van der Waals surface area contributed by atoms with Crippen LogP contribution in [0.15, 0.2) is 54.6 Å². The first-order valence-electron chi connectivity index (χ1n) is 9.28. The Morgan fingerprint density at radius 2 is 1.73 bits per heavy atom. The van der Waals surface area contributed by atoms with E-state index in [-0.39, 0.29) is 5.91 Å². The molecular formula is C22H23N3O. The molecule has 4 heteroatoms. The van der Waals surface area contributed by atoms with Crippen molar-refractivity contribution in [3.05, 3.63) is 65.7 Å². The van der Waals surface area contributed by atoms with Crippen LogP contribution < -0.4 is 0 Å². The Kier molecular flexibility index (Phi) is 4.33. The molecule has 1 aromatic heterocycles. The number of benzene rings is 2. The summed E-state index contributed by atoms with van der Waals surface area (Å²) in [4.78, 5) is 15.3. The third-order valence-corrected chi connectivity index (χ3v) is 5.13. The smallest absolute Gasteiger partial charge is 0.258 e. The number of hydrogen-bond donors (Lipinski definition) is 0. The summed E-state index contributed by atoms with van der Waals surface area (Å²) in [5.41, 5.74) is 5.88. The number of aromatic nitrogens is 2. The van der Waals surface area contributed by atoms with E-state index in [9.17, 15) is 4.79 Å². The SMILES string of the molecule is CCN(CC)C(=O)c1c(-c2ccccc2)nn2c1-c1ccccc1CC2. The molecular weight excluding hydrogens is 322 g/mol. The second-order valence-corrected chi connectivity index (χ2v) is 6.55. The summed E-state index contributed by atoms with van der Waals surface area (Å²) in [7, 11) is 0. The Labute approximate surface area is 154 Å². The van der Waals surface area contributed by atoms with Gasteiger partial charge in [-0.2, -0.15) is 5.10 Å². The van der Waals surface area contributed by atoms with Crippen molar-refractivity contribution in [3.63, 3.8) is 0 Å². The number of rotatable bonds is 4. The molecule has 0 fully saturated rings. The van der Waals surface area contributed by atoms with Crippen LogP contribution in [-0.4, -0.2) is 33.7 Å². The minimum absolute atomic E-state index is 0.0619. The topological polar surface area (TPSA) is 38.1 Å². The molecule has 0 saturated heterocycles. The summed E-state index contributed by atoms with van der Waals surface area (Å²) in [6, 6.07) is 18.4. The molecule has 2 heterocycles. The number of aryl methyl sites for hydroxylation is 2. The lowest BCUT2D eigenvalue weighted by Gasteiger charge is -2.22. The van der Waals surface area contributed by atoms with Crippen molar-refractivity contribution in [3.8, 4) is 22.5 Å². The van der Waals surface area contributed by atoms with Gasteiger partial charge in [-0.15, -0.1) is 0 Å². The Hall–Kier alpha value is -2.88. The number of carbonyl (C=O) groups is 1. The van der Waals surface area contributed by atoms with Gasteiger partial charge in [-0.3, -0.25) is 9.48 Å². The molecule has 0 atom stereocenters. The summed E-state index contributed by atoms with van der Waals surface area (Å²) in [5, 5.41) is 4.86.